The van der Waals surface area contributed by atoms with Gasteiger partial charge in [-0.25, -0.2) is 14.8 Å². The zero-order valence-corrected chi connectivity index (χ0v) is 17.9. The fraction of sp³-hybridized carbons (Fsp3) is 0.167. The number of imidazole rings is 1. The molecule has 4 rings (SSSR count). The minimum atomic E-state index is -0.988. The van der Waals surface area contributed by atoms with Gasteiger partial charge in [-0.05, 0) is 67.9 Å². The summed E-state index contributed by atoms with van der Waals surface area (Å²) in [6.45, 7) is 3.41. The first kappa shape index (κ1) is 21.0. The van der Waals surface area contributed by atoms with E-state index in [1.165, 1.54) is 6.92 Å². The Balaban J connectivity index is 1.45. The Morgan fingerprint density at radius 3 is 2.53 bits per heavy atom. The van der Waals surface area contributed by atoms with E-state index in [4.69, 9.17) is 9.47 Å². The Labute approximate surface area is 184 Å². The molecule has 1 atom stereocenters. The lowest BCUT2D eigenvalue weighted by atomic mass is 10.2. The fourth-order valence-corrected chi connectivity index (χ4v) is 3.07. The van der Waals surface area contributed by atoms with E-state index in [0.717, 1.165) is 16.9 Å². The van der Waals surface area contributed by atoms with Crippen LogP contribution in [0.25, 0.3) is 22.4 Å². The first-order chi connectivity index (χ1) is 15.4. The van der Waals surface area contributed by atoms with E-state index >= 15 is 0 Å². The highest BCUT2D eigenvalue weighted by molar-refractivity contribution is 5.98. The van der Waals surface area contributed by atoms with Gasteiger partial charge in [0.15, 0.2) is 6.10 Å². The maximum atomic E-state index is 12.6. The van der Waals surface area contributed by atoms with Crippen LogP contribution in [-0.2, 0) is 9.53 Å². The van der Waals surface area contributed by atoms with Crippen molar-refractivity contribution in [2.75, 3.05) is 12.4 Å². The van der Waals surface area contributed by atoms with Crippen molar-refractivity contribution in [1.82, 2.24) is 15.0 Å². The molecular formula is C24H22N4O4. The second-order valence-corrected chi connectivity index (χ2v) is 7.30. The number of carbonyl (C=O) groups excluding carboxylic acids is 2. The SMILES string of the molecule is COc1ccc(-c2nc3ccc(C(=O)OC(C)C(=O)Nc4ccc(C)cn4)cc3[nH]2)cc1. The predicted molar refractivity (Wildman–Crippen MR) is 121 cm³/mol. The number of nitrogens with one attached hydrogen (secondary N) is 2. The molecule has 0 spiro atoms. The molecule has 162 valence electrons. The van der Waals surface area contributed by atoms with Crippen LogP contribution in [0.3, 0.4) is 0 Å². The lowest BCUT2D eigenvalue weighted by molar-refractivity contribution is -0.123. The lowest BCUT2D eigenvalue weighted by Crippen LogP contribution is -2.30. The largest absolute Gasteiger partial charge is 0.497 e. The van der Waals surface area contributed by atoms with Gasteiger partial charge in [-0.1, -0.05) is 6.07 Å². The highest BCUT2D eigenvalue weighted by Crippen LogP contribution is 2.23. The molecule has 0 aliphatic carbocycles. The Morgan fingerprint density at radius 1 is 1.06 bits per heavy atom. The van der Waals surface area contributed by atoms with Crippen LogP contribution < -0.4 is 10.1 Å². The first-order valence-electron chi connectivity index (χ1n) is 10.0. The fourth-order valence-electron chi connectivity index (χ4n) is 3.07. The third-order valence-electron chi connectivity index (χ3n) is 4.90. The highest BCUT2D eigenvalue weighted by atomic mass is 16.5. The molecule has 0 aliphatic rings. The average molecular weight is 430 g/mol. The number of aryl methyl sites for hydroxylation is 1. The van der Waals surface area contributed by atoms with Gasteiger partial charge in [-0.2, -0.15) is 0 Å². The molecule has 32 heavy (non-hydrogen) atoms. The van der Waals surface area contributed by atoms with E-state index in [1.807, 2.05) is 37.3 Å². The summed E-state index contributed by atoms with van der Waals surface area (Å²) in [5.74, 6) is 0.761. The van der Waals surface area contributed by atoms with Crippen molar-refractivity contribution in [3.8, 4) is 17.1 Å². The van der Waals surface area contributed by atoms with Crippen molar-refractivity contribution in [1.29, 1.82) is 0 Å². The van der Waals surface area contributed by atoms with E-state index in [2.05, 4.69) is 20.3 Å². The van der Waals surface area contributed by atoms with Crippen LogP contribution in [0.2, 0.25) is 0 Å². The summed E-state index contributed by atoms with van der Waals surface area (Å²) in [4.78, 5) is 36.8. The summed E-state index contributed by atoms with van der Waals surface area (Å²) >= 11 is 0. The Morgan fingerprint density at radius 2 is 1.84 bits per heavy atom. The number of carbonyl (C=O) groups is 2. The Kier molecular flexibility index (Phi) is 5.85. The second-order valence-electron chi connectivity index (χ2n) is 7.30. The van der Waals surface area contributed by atoms with E-state index in [-0.39, 0.29) is 0 Å². The number of benzene rings is 2. The number of H-pyrrole nitrogens is 1. The van der Waals surface area contributed by atoms with Crippen LogP contribution >= 0.6 is 0 Å². The summed E-state index contributed by atoms with van der Waals surface area (Å²) < 4.78 is 10.5. The maximum Gasteiger partial charge on any atom is 0.338 e. The Bertz CT molecular complexity index is 1260. The minimum absolute atomic E-state index is 0.315. The normalized spacial score (nSPS) is 11.7. The van der Waals surface area contributed by atoms with Crippen LogP contribution in [-0.4, -0.2) is 40.0 Å². The number of amides is 1. The van der Waals surface area contributed by atoms with Crippen molar-refractivity contribution in [2.24, 2.45) is 0 Å². The predicted octanol–water partition coefficient (Wildman–Crippen LogP) is 4.13. The molecule has 4 aromatic rings. The van der Waals surface area contributed by atoms with Gasteiger partial charge >= 0.3 is 5.97 Å². The lowest BCUT2D eigenvalue weighted by Gasteiger charge is -2.13. The van der Waals surface area contributed by atoms with Crippen LogP contribution in [0.5, 0.6) is 5.75 Å². The van der Waals surface area contributed by atoms with Gasteiger partial charge in [0, 0.05) is 11.8 Å². The molecular weight excluding hydrogens is 408 g/mol. The van der Waals surface area contributed by atoms with E-state index < -0.39 is 18.0 Å². The number of pyridine rings is 1. The molecule has 8 nitrogen and oxygen atoms in total. The number of hydrogen-bond acceptors (Lipinski definition) is 6. The van der Waals surface area contributed by atoms with Gasteiger partial charge in [0.05, 0.1) is 23.7 Å². The van der Waals surface area contributed by atoms with Crippen LogP contribution in [0.4, 0.5) is 5.82 Å². The van der Waals surface area contributed by atoms with Gasteiger partial charge in [-0.3, -0.25) is 4.79 Å². The van der Waals surface area contributed by atoms with Crippen molar-refractivity contribution in [3.05, 3.63) is 71.9 Å². The molecule has 2 aromatic carbocycles. The number of ether oxygens (including phenoxy) is 2. The Hall–Kier alpha value is -4.20. The number of rotatable bonds is 6. The van der Waals surface area contributed by atoms with E-state index in [9.17, 15) is 9.59 Å². The molecule has 0 bridgehead atoms. The van der Waals surface area contributed by atoms with Gasteiger partial charge in [-0.15, -0.1) is 0 Å². The van der Waals surface area contributed by atoms with Gasteiger partial charge in [0.1, 0.15) is 17.4 Å². The number of aromatic amines is 1. The zero-order valence-electron chi connectivity index (χ0n) is 17.9. The van der Waals surface area contributed by atoms with Crippen molar-refractivity contribution in [2.45, 2.75) is 20.0 Å². The van der Waals surface area contributed by atoms with Crippen LogP contribution in [0, 0.1) is 6.92 Å². The van der Waals surface area contributed by atoms with E-state index in [0.29, 0.717) is 28.2 Å². The molecule has 2 N–H and O–H groups in total. The average Bonchev–Trinajstić information content (AvgIpc) is 3.24. The zero-order chi connectivity index (χ0) is 22.7. The molecule has 2 heterocycles. The topological polar surface area (TPSA) is 106 Å². The summed E-state index contributed by atoms with van der Waals surface area (Å²) in [6.07, 6.45) is 0.657. The molecule has 0 aliphatic heterocycles. The summed E-state index contributed by atoms with van der Waals surface area (Å²) in [5, 5.41) is 2.63. The molecule has 1 amide bonds. The second kappa shape index (κ2) is 8.89. The number of nitrogens with zero attached hydrogens (tertiary/aromatic N) is 2. The smallest absolute Gasteiger partial charge is 0.338 e. The number of esters is 1. The molecule has 0 fully saturated rings. The van der Waals surface area contributed by atoms with Crippen molar-refractivity contribution >= 4 is 28.7 Å². The molecule has 1 unspecified atom stereocenters. The van der Waals surface area contributed by atoms with Crippen molar-refractivity contribution in [3.63, 3.8) is 0 Å². The summed E-state index contributed by atoms with van der Waals surface area (Å²) in [7, 11) is 1.61. The highest BCUT2D eigenvalue weighted by Gasteiger charge is 2.20. The summed E-state index contributed by atoms with van der Waals surface area (Å²) in [6, 6.07) is 16.0. The number of fused-ring (bicyclic) bond motifs is 1. The molecule has 0 radical (unpaired) electrons. The number of methoxy groups -OCH3 is 1. The third kappa shape index (κ3) is 4.59. The van der Waals surface area contributed by atoms with Crippen LogP contribution in [0.15, 0.2) is 60.8 Å². The standard InChI is InChI=1S/C24H22N4O4/c1-14-4-11-21(25-13-14)28-23(29)15(2)32-24(30)17-7-10-19-20(12-17)27-22(26-19)16-5-8-18(31-3)9-6-16/h4-13,15H,1-3H3,(H,26,27)(H,25,28,29). The quantitative estimate of drug-likeness (QED) is 0.446. The molecule has 2 aromatic heterocycles. The molecule has 0 saturated carbocycles. The minimum Gasteiger partial charge on any atom is -0.497 e. The van der Waals surface area contributed by atoms with Gasteiger partial charge in [0.2, 0.25) is 0 Å². The van der Waals surface area contributed by atoms with Crippen molar-refractivity contribution < 1.29 is 19.1 Å². The van der Waals surface area contributed by atoms with Gasteiger partial charge < -0.3 is 19.8 Å². The molecule has 8 heteroatoms. The van der Waals surface area contributed by atoms with Crippen LogP contribution in [0.1, 0.15) is 22.8 Å². The number of hydrogen-bond donors (Lipinski definition) is 2. The summed E-state index contributed by atoms with van der Waals surface area (Å²) in [5.41, 5.74) is 3.58. The monoisotopic (exact) mass is 430 g/mol. The van der Waals surface area contributed by atoms with Gasteiger partial charge in [0.25, 0.3) is 5.91 Å². The number of aromatic nitrogens is 3. The third-order valence-corrected chi connectivity index (χ3v) is 4.90. The van der Waals surface area contributed by atoms with E-state index in [1.54, 1.807) is 37.6 Å². The number of anilines is 1. The maximum absolute atomic E-state index is 12.6. The molecule has 0 saturated heterocycles. The first-order valence-corrected chi connectivity index (χ1v) is 10.0.